The van der Waals surface area contributed by atoms with Gasteiger partial charge in [0.1, 0.15) is 5.60 Å². The van der Waals surface area contributed by atoms with Crippen LogP contribution in [0.3, 0.4) is 0 Å². The Morgan fingerprint density at radius 2 is 1.82 bits per heavy atom. The van der Waals surface area contributed by atoms with Crippen molar-refractivity contribution >= 4 is 18.2 Å². The van der Waals surface area contributed by atoms with E-state index in [-0.39, 0.29) is 12.2 Å². The van der Waals surface area contributed by atoms with Gasteiger partial charge in [-0.1, -0.05) is 6.42 Å². The van der Waals surface area contributed by atoms with Crippen LogP contribution in [0.25, 0.3) is 0 Å². The van der Waals surface area contributed by atoms with Gasteiger partial charge in [-0.05, 0) is 33.6 Å². The number of hydrogen-bond donors (Lipinski definition) is 1. The fourth-order valence-electron chi connectivity index (χ4n) is 1.16. The number of alkyl carbamates (subject to hydrolysis) is 1. The first-order valence-electron chi connectivity index (χ1n) is 5.80. The number of carbonyl (C=O) groups excluding carboxylic acids is 3. The Balaban J connectivity index is 3.43. The van der Waals surface area contributed by atoms with E-state index in [1.807, 2.05) is 0 Å². The minimum Gasteiger partial charge on any atom is -0.444 e. The summed E-state index contributed by atoms with van der Waals surface area (Å²) in [5.41, 5.74) is -0.486. The number of aldehydes is 1. The molecule has 1 N–H and O–H groups in total. The Labute approximate surface area is 102 Å². The molecule has 0 rings (SSSR count). The number of nitrogens with one attached hydrogen (secondary N) is 1. The van der Waals surface area contributed by atoms with Gasteiger partial charge < -0.3 is 10.1 Å². The van der Waals surface area contributed by atoms with Crippen LogP contribution in [0, 0.1) is 0 Å². The maximum absolute atomic E-state index is 11.2. The van der Waals surface area contributed by atoms with E-state index in [0.29, 0.717) is 19.3 Å². The van der Waals surface area contributed by atoms with Crippen molar-refractivity contribution in [1.29, 1.82) is 0 Å². The van der Waals surface area contributed by atoms with Gasteiger partial charge in [0, 0.05) is 13.0 Å². The van der Waals surface area contributed by atoms with Gasteiger partial charge in [-0.15, -0.1) is 0 Å². The molecule has 1 amide bonds. The Bertz CT molecular complexity index is 268. The molecule has 0 unspecified atom stereocenters. The average molecular weight is 243 g/mol. The predicted molar refractivity (Wildman–Crippen MR) is 63.8 cm³/mol. The monoisotopic (exact) mass is 243 g/mol. The zero-order chi connectivity index (χ0) is 13.3. The normalized spacial score (nSPS) is 10.8. The Morgan fingerprint density at radius 1 is 1.18 bits per heavy atom. The molecule has 0 aliphatic heterocycles. The van der Waals surface area contributed by atoms with E-state index in [9.17, 15) is 14.4 Å². The highest BCUT2D eigenvalue weighted by atomic mass is 16.6. The predicted octanol–water partition coefficient (Wildman–Crippen LogP) is 1.84. The summed E-state index contributed by atoms with van der Waals surface area (Å²) in [5.74, 6) is -0.370. The molecule has 0 saturated heterocycles. The van der Waals surface area contributed by atoms with Crippen molar-refractivity contribution in [3.63, 3.8) is 0 Å². The molecule has 98 valence electrons. The van der Waals surface area contributed by atoms with Crippen LogP contribution in [-0.2, 0) is 14.3 Å². The molecule has 0 aromatic rings. The highest BCUT2D eigenvalue weighted by Gasteiger charge is 2.15. The molecule has 5 heteroatoms. The van der Waals surface area contributed by atoms with Crippen molar-refractivity contribution < 1.29 is 19.1 Å². The number of hydrogen-bond acceptors (Lipinski definition) is 4. The number of ketones is 1. The van der Waals surface area contributed by atoms with E-state index in [1.54, 1.807) is 20.8 Å². The summed E-state index contributed by atoms with van der Waals surface area (Å²) in [6, 6.07) is 0. The second-order valence-corrected chi connectivity index (χ2v) is 4.82. The molecule has 0 heterocycles. The lowest BCUT2D eigenvalue weighted by atomic mass is 10.1. The molecular weight excluding hydrogens is 222 g/mol. The van der Waals surface area contributed by atoms with Crippen LogP contribution in [0.2, 0.25) is 0 Å². The molecule has 17 heavy (non-hydrogen) atoms. The van der Waals surface area contributed by atoms with Crippen molar-refractivity contribution in [2.45, 2.75) is 52.1 Å². The zero-order valence-electron chi connectivity index (χ0n) is 10.7. The van der Waals surface area contributed by atoms with Gasteiger partial charge in [0.15, 0.2) is 12.1 Å². The standard InChI is InChI=1S/C12H21NO4/c1-12(2,3)17-11(16)13-8-6-4-5-7-10(15)9-14/h9H,4-8H2,1-3H3,(H,13,16). The second kappa shape index (κ2) is 7.81. The van der Waals surface area contributed by atoms with Gasteiger partial charge >= 0.3 is 6.09 Å². The first kappa shape index (κ1) is 15.6. The molecule has 0 atom stereocenters. The number of rotatable bonds is 7. The SMILES string of the molecule is CC(C)(C)OC(=O)NCCCCCC(=O)C=O. The maximum Gasteiger partial charge on any atom is 0.407 e. The lowest BCUT2D eigenvalue weighted by Crippen LogP contribution is -2.32. The number of ether oxygens (including phenoxy) is 1. The highest BCUT2D eigenvalue weighted by Crippen LogP contribution is 2.06. The van der Waals surface area contributed by atoms with E-state index in [0.717, 1.165) is 12.8 Å². The summed E-state index contributed by atoms with van der Waals surface area (Å²) in [6.07, 6.45) is 2.45. The van der Waals surface area contributed by atoms with Crippen molar-refractivity contribution in [3.05, 3.63) is 0 Å². The van der Waals surface area contributed by atoms with E-state index in [1.165, 1.54) is 0 Å². The minimum absolute atomic E-state index is 0.288. The highest BCUT2D eigenvalue weighted by molar-refractivity contribution is 6.24. The van der Waals surface area contributed by atoms with Gasteiger partial charge in [0.25, 0.3) is 0 Å². The molecule has 0 spiro atoms. The van der Waals surface area contributed by atoms with Gasteiger partial charge in [-0.25, -0.2) is 4.79 Å². The smallest absolute Gasteiger partial charge is 0.407 e. The quantitative estimate of drug-likeness (QED) is 0.420. The van der Waals surface area contributed by atoms with Gasteiger partial charge in [0.05, 0.1) is 0 Å². The zero-order valence-corrected chi connectivity index (χ0v) is 10.7. The van der Waals surface area contributed by atoms with Crippen LogP contribution in [-0.4, -0.2) is 30.3 Å². The molecule has 0 bridgehead atoms. The Kier molecular flexibility index (Phi) is 7.18. The second-order valence-electron chi connectivity index (χ2n) is 4.82. The number of Topliss-reactive ketones (excluding diaryl/α,β-unsaturated/α-hetero) is 1. The molecule has 0 aliphatic rings. The molecule has 0 aliphatic carbocycles. The molecule has 0 aromatic heterocycles. The van der Waals surface area contributed by atoms with Crippen LogP contribution in [0.5, 0.6) is 0 Å². The van der Waals surface area contributed by atoms with Crippen molar-refractivity contribution in [2.24, 2.45) is 0 Å². The fraction of sp³-hybridized carbons (Fsp3) is 0.750. The van der Waals surface area contributed by atoms with E-state index in [2.05, 4.69) is 5.32 Å². The van der Waals surface area contributed by atoms with Crippen LogP contribution in [0.1, 0.15) is 46.5 Å². The molecule has 0 aromatic carbocycles. The summed E-state index contributed by atoms with van der Waals surface area (Å²) in [5, 5.41) is 2.63. The van der Waals surface area contributed by atoms with Gasteiger partial charge in [-0.2, -0.15) is 0 Å². The molecule has 0 fully saturated rings. The summed E-state index contributed by atoms with van der Waals surface area (Å²) in [4.78, 5) is 31.9. The third kappa shape index (κ3) is 10.9. The van der Waals surface area contributed by atoms with Crippen LogP contribution >= 0.6 is 0 Å². The third-order valence-corrected chi connectivity index (χ3v) is 1.90. The third-order valence-electron chi connectivity index (χ3n) is 1.90. The van der Waals surface area contributed by atoms with Crippen molar-refractivity contribution in [1.82, 2.24) is 5.32 Å². The Hall–Kier alpha value is -1.39. The number of carbonyl (C=O) groups is 3. The summed E-state index contributed by atoms with van der Waals surface area (Å²) < 4.78 is 5.05. The minimum atomic E-state index is -0.486. The Morgan fingerprint density at radius 3 is 2.35 bits per heavy atom. The largest absolute Gasteiger partial charge is 0.444 e. The fourth-order valence-corrected chi connectivity index (χ4v) is 1.16. The molecule has 0 saturated carbocycles. The number of unbranched alkanes of at least 4 members (excludes halogenated alkanes) is 2. The number of amides is 1. The first-order chi connectivity index (χ1) is 7.85. The van der Waals surface area contributed by atoms with Gasteiger partial charge in [0.2, 0.25) is 0 Å². The van der Waals surface area contributed by atoms with E-state index < -0.39 is 11.7 Å². The van der Waals surface area contributed by atoms with Crippen molar-refractivity contribution in [2.75, 3.05) is 6.54 Å². The van der Waals surface area contributed by atoms with Crippen LogP contribution < -0.4 is 5.32 Å². The van der Waals surface area contributed by atoms with Crippen molar-refractivity contribution in [3.8, 4) is 0 Å². The molecule has 0 radical (unpaired) electrons. The first-order valence-corrected chi connectivity index (χ1v) is 5.80. The summed E-state index contributed by atoms with van der Waals surface area (Å²) >= 11 is 0. The maximum atomic E-state index is 11.2. The van der Waals surface area contributed by atoms with E-state index in [4.69, 9.17) is 4.74 Å². The molecular formula is C12H21NO4. The topological polar surface area (TPSA) is 72.5 Å². The van der Waals surface area contributed by atoms with Gasteiger partial charge in [-0.3, -0.25) is 9.59 Å². The van der Waals surface area contributed by atoms with E-state index >= 15 is 0 Å². The average Bonchev–Trinajstić information content (AvgIpc) is 2.20. The lowest BCUT2D eigenvalue weighted by molar-refractivity contribution is -0.129. The molecule has 5 nitrogen and oxygen atoms in total. The lowest BCUT2D eigenvalue weighted by Gasteiger charge is -2.19. The summed E-state index contributed by atoms with van der Waals surface area (Å²) in [7, 11) is 0. The van der Waals surface area contributed by atoms with Crippen LogP contribution in [0.4, 0.5) is 4.79 Å². The summed E-state index contributed by atoms with van der Waals surface area (Å²) in [6.45, 7) is 5.93. The van der Waals surface area contributed by atoms with Crippen LogP contribution in [0.15, 0.2) is 0 Å².